The molecule has 4 heteroatoms. The summed E-state index contributed by atoms with van der Waals surface area (Å²) in [5.41, 5.74) is 0.176. The van der Waals surface area contributed by atoms with Gasteiger partial charge in [0.15, 0.2) is 0 Å². The van der Waals surface area contributed by atoms with Crippen molar-refractivity contribution in [1.29, 1.82) is 5.26 Å². The number of fused-ring (bicyclic) bond motifs is 2. The molecule has 0 amide bonds. The fourth-order valence-corrected chi connectivity index (χ4v) is 3.35. The van der Waals surface area contributed by atoms with E-state index in [4.69, 9.17) is 16.3 Å². The molecule has 0 aromatic heterocycles. The van der Waals surface area contributed by atoms with Crippen LogP contribution in [0.15, 0.2) is 18.2 Å². The molecule has 0 saturated carbocycles. The monoisotopic (exact) mass is 265 g/mol. The molecule has 2 bridgehead atoms. The van der Waals surface area contributed by atoms with Gasteiger partial charge in [-0.25, -0.2) is 4.39 Å². The standard InChI is InChI=1S/C14H13ClFNO/c15-12-3-1-10(16)5-9(12)6-14(8-17)7-11-2-4-13(14)18-11/h1,3,5,11,13H,2,4,6-7H2. The minimum atomic E-state index is -0.527. The topological polar surface area (TPSA) is 33.0 Å². The molecule has 1 aromatic rings. The average Bonchev–Trinajstić information content (AvgIpc) is 2.94. The maximum Gasteiger partial charge on any atom is 0.123 e. The van der Waals surface area contributed by atoms with Gasteiger partial charge in [0.1, 0.15) is 5.82 Å². The normalized spacial score (nSPS) is 33.6. The van der Waals surface area contributed by atoms with Crippen molar-refractivity contribution in [3.8, 4) is 6.07 Å². The number of benzene rings is 1. The second kappa shape index (κ2) is 4.22. The Kier molecular flexibility index (Phi) is 2.80. The van der Waals surface area contributed by atoms with Gasteiger partial charge in [0.25, 0.3) is 0 Å². The third-order valence-electron chi connectivity index (χ3n) is 4.05. The molecule has 2 heterocycles. The lowest BCUT2D eigenvalue weighted by Gasteiger charge is -2.28. The Morgan fingerprint density at radius 3 is 2.94 bits per heavy atom. The van der Waals surface area contributed by atoms with Crippen molar-refractivity contribution in [3.63, 3.8) is 0 Å². The maximum atomic E-state index is 13.3. The van der Waals surface area contributed by atoms with E-state index in [2.05, 4.69) is 6.07 Å². The van der Waals surface area contributed by atoms with E-state index in [1.807, 2.05) is 0 Å². The van der Waals surface area contributed by atoms with Crippen LogP contribution >= 0.6 is 11.6 Å². The van der Waals surface area contributed by atoms with Gasteiger partial charge < -0.3 is 4.74 Å². The molecular formula is C14H13ClFNO. The zero-order valence-corrected chi connectivity index (χ0v) is 10.6. The third-order valence-corrected chi connectivity index (χ3v) is 4.42. The van der Waals surface area contributed by atoms with E-state index in [1.54, 1.807) is 6.07 Å². The first-order valence-corrected chi connectivity index (χ1v) is 6.51. The highest BCUT2D eigenvalue weighted by Gasteiger charge is 2.52. The molecule has 2 nitrogen and oxygen atoms in total. The molecule has 1 aromatic carbocycles. The van der Waals surface area contributed by atoms with E-state index in [9.17, 15) is 9.65 Å². The van der Waals surface area contributed by atoms with Crippen LogP contribution in [0, 0.1) is 22.6 Å². The summed E-state index contributed by atoms with van der Waals surface area (Å²) in [7, 11) is 0. The predicted molar refractivity (Wildman–Crippen MR) is 65.7 cm³/mol. The van der Waals surface area contributed by atoms with Gasteiger partial charge in [-0.1, -0.05) is 11.6 Å². The minimum absolute atomic E-state index is 0.0214. The average molecular weight is 266 g/mol. The Labute approximate surface area is 110 Å². The summed E-state index contributed by atoms with van der Waals surface area (Å²) in [4.78, 5) is 0. The summed E-state index contributed by atoms with van der Waals surface area (Å²) < 4.78 is 19.0. The van der Waals surface area contributed by atoms with Crippen LogP contribution in [0.5, 0.6) is 0 Å². The van der Waals surface area contributed by atoms with E-state index >= 15 is 0 Å². The Balaban J connectivity index is 1.91. The molecule has 18 heavy (non-hydrogen) atoms. The van der Waals surface area contributed by atoms with Gasteiger partial charge in [-0.05, 0) is 49.4 Å². The van der Waals surface area contributed by atoms with Gasteiger partial charge in [-0.2, -0.15) is 5.26 Å². The third kappa shape index (κ3) is 1.81. The Bertz CT molecular complexity index is 527. The van der Waals surface area contributed by atoms with E-state index < -0.39 is 5.41 Å². The van der Waals surface area contributed by atoms with Crippen LogP contribution in [-0.2, 0) is 11.2 Å². The van der Waals surface area contributed by atoms with Crippen molar-refractivity contribution in [2.45, 2.75) is 37.9 Å². The van der Waals surface area contributed by atoms with Crippen molar-refractivity contribution in [2.75, 3.05) is 0 Å². The highest BCUT2D eigenvalue weighted by Crippen LogP contribution is 2.49. The first-order chi connectivity index (χ1) is 8.63. The molecule has 0 aliphatic carbocycles. The predicted octanol–water partition coefficient (Wildman–Crippen LogP) is 3.48. The fraction of sp³-hybridized carbons (Fsp3) is 0.500. The van der Waals surface area contributed by atoms with Crippen molar-refractivity contribution in [2.24, 2.45) is 5.41 Å². The number of halogens is 2. The van der Waals surface area contributed by atoms with Crippen molar-refractivity contribution in [3.05, 3.63) is 34.6 Å². The number of hydrogen-bond donors (Lipinski definition) is 0. The molecule has 94 valence electrons. The highest BCUT2D eigenvalue weighted by molar-refractivity contribution is 6.31. The van der Waals surface area contributed by atoms with Gasteiger partial charge in [0.2, 0.25) is 0 Å². The zero-order chi connectivity index (χ0) is 12.8. The van der Waals surface area contributed by atoms with Crippen LogP contribution < -0.4 is 0 Å². The lowest BCUT2D eigenvalue weighted by atomic mass is 9.71. The number of nitriles is 1. The SMILES string of the molecule is N#CC1(Cc2cc(F)ccc2Cl)CC2CCC1O2. The molecular weight excluding hydrogens is 253 g/mol. The maximum absolute atomic E-state index is 13.3. The van der Waals surface area contributed by atoms with Gasteiger partial charge in [-0.3, -0.25) is 0 Å². The van der Waals surface area contributed by atoms with Crippen LogP contribution in [0.3, 0.4) is 0 Å². The molecule has 3 rings (SSSR count). The van der Waals surface area contributed by atoms with Crippen molar-refractivity contribution < 1.29 is 9.13 Å². The molecule has 0 N–H and O–H groups in total. The van der Waals surface area contributed by atoms with E-state index in [0.717, 1.165) is 19.3 Å². The second-order valence-electron chi connectivity index (χ2n) is 5.21. The van der Waals surface area contributed by atoms with Gasteiger partial charge >= 0.3 is 0 Å². The minimum Gasteiger partial charge on any atom is -0.373 e. The highest BCUT2D eigenvalue weighted by atomic mass is 35.5. The van der Waals surface area contributed by atoms with Gasteiger partial charge in [0.05, 0.1) is 23.7 Å². The number of nitrogens with zero attached hydrogens (tertiary/aromatic N) is 1. The smallest absolute Gasteiger partial charge is 0.123 e. The Morgan fingerprint density at radius 2 is 2.33 bits per heavy atom. The Morgan fingerprint density at radius 1 is 1.50 bits per heavy atom. The zero-order valence-electron chi connectivity index (χ0n) is 9.83. The molecule has 0 spiro atoms. The van der Waals surface area contributed by atoms with E-state index in [1.165, 1.54) is 12.1 Å². The summed E-state index contributed by atoms with van der Waals surface area (Å²) >= 11 is 6.08. The van der Waals surface area contributed by atoms with Crippen LogP contribution in [0.4, 0.5) is 4.39 Å². The first-order valence-electron chi connectivity index (χ1n) is 6.14. The summed E-state index contributed by atoms with van der Waals surface area (Å²) in [5.74, 6) is -0.313. The van der Waals surface area contributed by atoms with Crippen LogP contribution in [0.2, 0.25) is 5.02 Å². The summed E-state index contributed by atoms with van der Waals surface area (Å²) in [6, 6.07) is 6.70. The van der Waals surface area contributed by atoms with Crippen LogP contribution in [0.25, 0.3) is 0 Å². The number of rotatable bonds is 2. The van der Waals surface area contributed by atoms with Gasteiger partial charge in [-0.15, -0.1) is 0 Å². The van der Waals surface area contributed by atoms with Crippen LogP contribution in [-0.4, -0.2) is 12.2 Å². The largest absolute Gasteiger partial charge is 0.373 e. The molecule has 0 radical (unpaired) electrons. The fourth-order valence-electron chi connectivity index (χ4n) is 3.16. The lowest BCUT2D eigenvalue weighted by Crippen LogP contribution is -2.33. The Hall–Kier alpha value is -1.11. The van der Waals surface area contributed by atoms with E-state index in [0.29, 0.717) is 17.0 Å². The second-order valence-corrected chi connectivity index (χ2v) is 5.62. The first kappa shape index (κ1) is 12.0. The van der Waals surface area contributed by atoms with Crippen molar-refractivity contribution >= 4 is 11.6 Å². The number of hydrogen-bond acceptors (Lipinski definition) is 2. The lowest BCUT2D eigenvalue weighted by molar-refractivity contribution is 0.0787. The molecule has 2 aliphatic heterocycles. The van der Waals surface area contributed by atoms with Crippen molar-refractivity contribution in [1.82, 2.24) is 0 Å². The molecule has 3 atom stereocenters. The molecule has 2 aliphatic rings. The molecule has 3 unspecified atom stereocenters. The molecule has 2 saturated heterocycles. The van der Waals surface area contributed by atoms with Crippen LogP contribution in [0.1, 0.15) is 24.8 Å². The quantitative estimate of drug-likeness (QED) is 0.820. The van der Waals surface area contributed by atoms with Gasteiger partial charge in [0, 0.05) is 5.02 Å². The summed E-state index contributed by atoms with van der Waals surface area (Å²) in [6.45, 7) is 0. The summed E-state index contributed by atoms with van der Waals surface area (Å²) in [6.07, 6.45) is 3.34. The van der Waals surface area contributed by atoms with E-state index in [-0.39, 0.29) is 18.0 Å². The molecule has 2 fully saturated rings. The number of ether oxygens (including phenoxy) is 1. The summed E-state index contributed by atoms with van der Waals surface area (Å²) in [5, 5.41) is 10.0.